The summed E-state index contributed by atoms with van der Waals surface area (Å²) in [5.74, 6) is -8.36. The summed E-state index contributed by atoms with van der Waals surface area (Å²) >= 11 is 0. The number of hydrogen-bond acceptors (Lipinski definition) is 2. The minimum Gasteiger partial charge on any atom is -0.505 e. The Morgan fingerprint density at radius 3 is 2.23 bits per heavy atom. The summed E-state index contributed by atoms with van der Waals surface area (Å²) in [6.07, 6.45) is 0. The van der Waals surface area contributed by atoms with Gasteiger partial charge in [-0.2, -0.15) is 0 Å². The molecule has 1 aromatic carbocycles. The molecular formula is C7H3F3O3. The van der Waals surface area contributed by atoms with E-state index in [1.54, 1.807) is 0 Å². The molecule has 3 nitrogen and oxygen atoms in total. The van der Waals surface area contributed by atoms with Crippen LogP contribution in [0, 0.1) is 17.5 Å². The zero-order valence-electron chi connectivity index (χ0n) is 6.01. The van der Waals surface area contributed by atoms with Crippen molar-refractivity contribution in [2.45, 2.75) is 0 Å². The normalized spacial score (nSPS) is 10.1. The number of aromatic hydroxyl groups is 1. The Morgan fingerprint density at radius 2 is 1.77 bits per heavy atom. The van der Waals surface area contributed by atoms with Crippen molar-refractivity contribution in [3.63, 3.8) is 0 Å². The van der Waals surface area contributed by atoms with Crippen LogP contribution in [0.15, 0.2) is 6.07 Å². The van der Waals surface area contributed by atoms with Gasteiger partial charge in [-0.3, -0.25) is 0 Å². The summed E-state index contributed by atoms with van der Waals surface area (Å²) in [6.45, 7) is 0. The van der Waals surface area contributed by atoms with E-state index in [1.165, 1.54) is 0 Å². The molecule has 0 atom stereocenters. The van der Waals surface area contributed by atoms with Gasteiger partial charge in [-0.05, 0) is 0 Å². The van der Waals surface area contributed by atoms with Gasteiger partial charge in [-0.25, -0.2) is 18.0 Å². The molecule has 0 radical (unpaired) electrons. The van der Waals surface area contributed by atoms with E-state index >= 15 is 0 Å². The van der Waals surface area contributed by atoms with Gasteiger partial charge in [0, 0.05) is 6.07 Å². The highest BCUT2D eigenvalue weighted by atomic mass is 19.2. The maximum absolute atomic E-state index is 12.7. The summed E-state index contributed by atoms with van der Waals surface area (Å²) in [5, 5.41) is 16.8. The lowest BCUT2D eigenvalue weighted by molar-refractivity contribution is 0.0684. The molecule has 13 heavy (non-hydrogen) atoms. The average molecular weight is 192 g/mol. The molecule has 0 aromatic heterocycles. The third kappa shape index (κ3) is 1.42. The van der Waals surface area contributed by atoms with Gasteiger partial charge in [0.05, 0.1) is 0 Å². The highest BCUT2D eigenvalue weighted by Crippen LogP contribution is 2.24. The number of hydrogen-bond donors (Lipinski definition) is 2. The summed E-state index contributed by atoms with van der Waals surface area (Å²) in [5.41, 5.74) is -1.50. The van der Waals surface area contributed by atoms with Crippen LogP contribution >= 0.6 is 0 Å². The van der Waals surface area contributed by atoms with Crippen molar-refractivity contribution in [3.8, 4) is 5.75 Å². The van der Waals surface area contributed by atoms with E-state index < -0.39 is 34.7 Å². The molecule has 0 aliphatic carbocycles. The van der Waals surface area contributed by atoms with Crippen molar-refractivity contribution in [1.29, 1.82) is 0 Å². The van der Waals surface area contributed by atoms with Gasteiger partial charge in [0.2, 0.25) is 0 Å². The number of phenolic OH excluding ortho intramolecular Hbond substituents is 1. The Bertz CT molecular complexity index is 349. The van der Waals surface area contributed by atoms with Gasteiger partial charge in [-0.15, -0.1) is 0 Å². The van der Waals surface area contributed by atoms with Gasteiger partial charge in [0.1, 0.15) is 5.56 Å². The van der Waals surface area contributed by atoms with Crippen LogP contribution in [0.5, 0.6) is 5.75 Å². The first-order valence-corrected chi connectivity index (χ1v) is 3.05. The van der Waals surface area contributed by atoms with E-state index in [1.807, 2.05) is 0 Å². The third-order valence-electron chi connectivity index (χ3n) is 1.35. The first kappa shape index (κ1) is 9.37. The fourth-order valence-corrected chi connectivity index (χ4v) is 0.778. The smallest absolute Gasteiger partial charge is 0.341 e. The predicted molar refractivity (Wildman–Crippen MR) is 34.9 cm³/mol. The molecule has 0 aliphatic heterocycles. The van der Waals surface area contributed by atoms with Crippen LogP contribution in [0.25, 0.3) is 0 Å². The van der Waals surface area contributed by atoms with Gasteiger partial charge >= 0.3 is 5.97 Å². The van der Waals surface area contributed by atoms with Crippen LogP contribution in [-0.4, -0.2) is 16.2 Å². The molecule has 2 N–H and O–H groups in total. The highest BCUT2D eigenvalue weighted by molar-refractivity contribution is 5.88. The van der Waals surface area contributed by atoms with Crippen LogP contribution < -0.4 is 0 Å². The molecule has 0 fully saturated rings. The van der Waals surface area contributed by atoms with Crippen molar-refractivity contribution < 1.29 is 28.2 Å². The molecule has 1 rings (SSSR count). The van der Waals surface area contributed by atoms with Crippen molar-refractivity contribution in [1.82, 2.24) is 0 Å². The second-order valence-electron chi connectivity index (χ2n) is 2.19. The van der Waals surface area contributed by atoms with Crippen molar-refractivity contribution in [2.24, 2.45) is 0 Å². The van der Waals surface area contributed by atoms with Crippen LogP contribution in [0.1, 0.15) is 10.4 Å². The Hall–Kier alpha value is -1.72. The minimum atomic E-state index is -1.98. The van der Waals surface area contributed by atoms with E-state index in [0.717, 1.165) is 0 Å². The van der Waals surface area contributed by atoms with Crippen LogP contribution in [0.4, 0.5) is 13.2 Å². The Kier molecular flexibility index (Phi) is 2.14. The number of phenols is 1. The lowest BCUT2D eigenvalue weighted by atomic mass is 10.2. The molecule has 0 heterocycles. The summed E-state index contributed by atoms with van der Waals surface area (Å²) in [7, 11) is 0. The highest BCUT2D eigenvalue weighted by Gasteiger charge is 2.23. The molecule has 70 valence electrons. The zero-order valence-corrected chi connectivity index (χ0v) is 6.01. The van der Waals surface area contributed by atoms with Crippen LogP contribution in [-0.2, 0) is 0 Å². The quantitative estimate of drug-likeness (QED) is 0.663. The second-order valence-corrected chi connectivity index (χ2v) is 2.19. The Balaban J connectivity index is 3.56. The van der Waals surface area contributed by atoms with Gasteiger partial charge in [-0.1, -0.05) is 0 Å². The molecule has 0 spiro atoms. The van der Waals surface area contributed by atoms with Crippen LogP contribution in [0.2, 0.25) is 0 Å². The van der Waals surface area contributed by atoms with Crippen molar-refractivity contribution in [2.75, 3.05) is 0 Å². The molecule has 6 heteroatoms. The molecule has 0 unspecified atom stereocenters. The van der Waals surface area contributed by atoms with Crippen molar-refractivity contribution in [3.05, 3.63) is 29.1 Å². The maximum Gasteiger partial charge on any atom is 0.341 e. The molecule has 0 saturated heterocycles. The standard InChI is InChI=1S/C7H3F3O3/c8-2-1-3(11)6(10)4(5(2)9)7(12)13/h1,11H,(H,12,13). The average Bonchev–Trinajstić information content (AvgIpc) is 2.01. The van der Waals surface area contributed by atoms with Crippen molar-refractivity contribution >= 4 is 5.97 Å². The second kappa shape index (κ2) is 2.96. The largest absolute Gasteiger partial charge is 0.505 e. The molecular weight excluding hydrogens is 189 g/mol. The lowest BCUT2D eigenvalue weighted by Gasteiger charge is -2.02. The monoisotopic (exact) mass is 192 g/mol. The number of carboxylic acids is 1. The topological polar surface area (TPSA) is 57.5 Å². The Morgan fingerprint density at radius 1 is 1.23 bits per heavy atom. The van der Waals surface area contributed by atoms with E-state index in [0.29, 0.717) is 0 Å². The van der Waals surface area contributed by atoms with E-state index in [-0.39, 0.29) is 6.07 Å². The van der Waals surface area contributed by atoms with E-state index in [2.05, 4.69) is 0 Å². The number of aromatic carboxylic acids is 1. The number of carboxylic acid groups (broad SMARTS) is 1. The molecule has 1 aromatic rings. The Labute approximate surface area is 70.0 Å². The predicted octanol–water partition coefficient (Wildman–Crippen LogP) is 1.51. The molecule has 0 saturated carbocycles. The SMILES string of the molecule is O=C(O)c1c(F)c(O)cc(F)c1F. The molecule has 0 amide bonds. The summed E-state index contributed by atoms with van der Waals surface area (Å²) < 4.78 is 37.7. The third-order valence-corrected chi connectivity index (χ3v) is 1.35. The fourth-order valence-electron chi connectivity index (χ4n) is 0.778. The first-order valence-electron chi connectivity index (χ1n) is 3.05. The summed E-state index contributed by atoms with van der Waals surface area (Å²) in [4.78, 5) is 10.2. The van der Waals surface area contributed by atoms with E-state index in [9.17, 15) is 18.0 Å². The summed E-state index contributed by atoms with van der Waals surface area (Å²) in [6, 6.07) is 0.164. The molecule has 0 aliphatic rings. The van der Waals surface area contributed by atoms with Gasteiger partial charge < -0.3 is 10.2 Å². The lowest BCUT2D eigenvalue weighted by Crippen LogP contribution is -2.06. The fraction of sp³-hybridized carbons (Fsp3) is 0. The number of carbonyl (C=O) groups is 1. The minimum absolute atomic E-state index is 0.164. The first-order chi connectivity index (χ1) is 5.95. The number of rotatable bonds is 1. The van der Waals surface area contributed by atoms with Gasteiger partial charge in [0.15, 0.2) is 23.2 Å². The molecule has 0 bridgehead atoms. The number of halogens is 3. The number of benzene rings is 1. The zero-order chi connectivity index (χ0) is 10.2. The van der Waals surface area contributed by atoms with Crippen LogP contribution in [0.3, 0.4) is 0 Å². The van der Waals surface area contributed by atoms with E-state index in [4.69, 9.17) is 10.2 Å². The van der Waals surface area contributed by atoms with Gasteiger partial charge in [0.25, 0.3) is 0 Å². The maximum atomic E-state index is 12.7.